The van der Waals surface area contributed by atoms with Crippen LogP contribution in [0.3, 0.4) is 0 Å². The van der Waals surface area contributed by atoms with E-state index in [1.807, 2.05) is 6.92 Å². The molecular formula is C9H18N2O2S2. The van der Waals surface area contributed by atoms with Gasteiger partial charge in [-0.3, -0.25) is 0 Å². The Kier molecular flexibility index (Phi) is 6.98. The lowest BCUT2D eigenvalue weighted by molar-refractivity contribution is 0.553. The molecule has 2 atom stereocenters. The highest BCUT2D eigenvalue weighted by atomic mass is 32.2. The fourth-order valence-electron chi connectivity index (χ4n) is 0.915. The Morgan fingerprint density at radius 2 is 2.07 bits per heavy atom. The van der Waals surface area contributed by atoms with Crippen LogP contribution in [-0.2, 0) is 10.0 Å². The minimum Gasteiger partial charge on any atom is -0.211 e. The molecule has 0 saturated carbocycles. The molecule has 0 aromatic heterocycles. The normalized spacial score (nSPS) is 15.6. The van der Waals surface area contributed by atoms with Crippen molar-refractivity contribution in [2.75, 3.05) is 11.5 Å². The number of thioether (sulfide) groups is 1. The third kappa shape index (κ3) is 6.03. The summed E-state index contributed by atoms with van der Waals surface area (Å²) < 4.78 is 25.4. The highest BCUT2D eigenvalue weighted by Gasteiger charge is 2.21. The van der Waals surface area contributed by atoms with Gasteiger partial charge in [-0.15, -0.1) is 0 Å². The molecule has 0 rings (SSSR count). The number of rotatable bonds is 7. The number of sulfonamides is 1. The lowest BCUT2D eigenvalue weighted by Crippen LogP contribution is -2.38. The number of nitriles is 1. The van der Waals surface area contributed by atoms with Crippen LogP contribution in [0.4, 0.5) is 0 Å². The quantitative estimate of drug-likeness (QED) is 0.692. The molecule has 88 valence electrons. The second kappa shape index (κ2) is 7.09. The van der Waals surface area contributed by atoms with Gasteiger partial charge in [0.05, 0.1) is 6.07 Å². The van der Waals surface area contributed by atoms with E-state index >= 15 is 0 Å². The van der Waals surface area contributed by atoms with E-state index < -0.39 is 15.3 Å². The average Bonchev–Trinajstić information content (AvgIpc) is 2.16. The summed E-state index contributed by atoms with van der Waals surface area (Å²) in [5.74, 6) is 1.97. The van der Waals surface area contributed by atoms with Crippen LogP contribution >= 0.6 is 11.8 Å². The number of hydrogen-bond donors (Lipinski definition) is 1. The van der Waals surface area contributed by atoms with Crippen molar-refractivity contribution < 1.29 is 8.42 Å². The van der Waals surface area contributed by atoms with Crippen molar-refractivity contribution in [3.63, 3.8) is 0 Å². The standard InChI is InChI=1S/C9H18N2O2S2/c1-4-14-6-5-8(2)11-15(12,13)9(3)7-10/h8-9,11H,4-6H2,1-3H3. The molecule has 0 radical (unpaired) electrons. The summed E-state index contributed by atoms with van der Waals surface area (Å²) in [6.07, 6.45) is 0.788. The third-order valence-corrected chi connectivity index (χ3v) is 4.61. The van der Waals surface area contributed by atoms with E-state index in [0.717, 1.165) is 17.9 Å². The smallest absolute Gasteiger partial charge is 0.211 e. The maximum atomic E-state index is 11.5. The van der Waals surface area contributed by atoms with Gasteiger partial charge in [0.2, 0.25) is 10.0 Å². The SMILES string of the molecule is CCSCCC(C)NS(=O)(=O)C(C)C#N. The van der Waals surface area contributed by atoms with Gasteiger partial charge < -0.3 is 0 Å². The van der Waals surface area contributed by atoms with Gasteiger partial charge in [-0.05, 0) is 31.8 Å². The molecule has 6 heteroatoms. The first-order chi connectivity index (χ1) is 6.94. The van der Waals surface area contributed by atoms with Crippen molar-refractivity contribution in [2.45, 2.75) is 38.5 Å². The number of nitrogens with zero attached hydrogens (tertiary/aromatic N) is 1. The van der Waals surface area contributed by atoms with Crippen molar-refractivity contribution in [1.29, 1.82) is 5.26 Å². The van der Waals surface area contributed by atoms with Gasteiger partial charge in [0.1, 0.15) is 0 Å². The van der Waals surface area contributed by atoms with Crippen molar-refractivity contribution in [3.8, 4) is 6.07 Å². The molecule has 0 saturated heterocycles. The predicted molar refractivity (Wildman–Crippen MR) is 64.2 cm³/mol. The zero-order valence-corrected chi connectivity index (χ0v) is 11.0. The van der Waals surface area contributed by atoms with Gasteiger partial charge in [0, 0.05) is 6.04 Å². The van der Waals surface area contributed by atoms with Gasteiger partial charge >= 0.3 is 0 Å². The molecule has 1 N–H and O–H groups in total. The first kappa shape index (κ1) is 14.8. The molecule has 0 spiro atoms. The second-order valence-corrected chi connectivity index (χ2v) is 6.75. The average molecular weight is 250 g/mol. The lowest BCUT2D eigenvalue weighted by atomic mass is 10.3. The Morgan fingerprint density at radius 3 is 2.53 bits per heavy atom. The van der Waals surface area contributed by atoms with Crippen LogP contribution in [0.25, 0.3) is 0 Å². The molecule has 0 aliphatic carbocycles. The first-order valence-corrected chi connectivity index (χ1v) is 7.62. The van der Waals surface area contributed by atoms with Crippen molar-refractivity contribution in [3.05, 3.63) is 0 Å². The van der Waals surface area contributed by atoms with Crippen LogP contribution in [0.1, 0.15) is 27.2 Å². The van der Waals surface area contributed by atoms with Crippen LogP contribution < -0.4 is 4.72 Å². The van der Waals surface area contributed by atoms with Gasteiger partial charge in [-0.1, -0.05) is 6.92 Å². The molecular weight excluding hydrogens is 232 g/mol. The predicted octanol–water partition coefficient (Wildman–Crippen LogP) is 1.35. The fourth-order valence-corrected chi connectivity index (χ4v) is 2.75. The van der Waals surface area contributed by atoms with Gasteiger partial charge in [0.25, 0.3) is 0 Å². The molecule has 0 aliphatic heterocycles. The van der Waals surface area contributed by atoms with E-state index in [2.05, 4.69) is 11.6 Å². The van der Waals surface area contributed by atoms with E-state index in [9.17, 15) is 8.42 Å². The van der Waals surface area contributed by atoms with Gasteiger partial charge in [-0.2, -0.15) is 17.0 Å². The Balaban J connectivity index is 4.07. The Morgan fingerprint density at radius 1 is 1.47 bits per heavy atom. The number of nitrogens with one attached hydrogen (secondary N) is 1. The van der Waals surface area contributed by atoms with Crippen LogP contribution in [0.2, 0.25) is 0 Å². The van der Waals surface area contributed by atoms with Crippen LogP contribution in [-0.4, -0.2) is 31.2 Å². The molecule has 0 amide bonds. The van der Waals surface area contributed by atoms with Crippen molar-refractivity contribution in [1.82, 2.24) is 4.72 Å². The van der Waals surface area contributed by atoms with Crippen LogP contribution in [0.5, 0.6) is 0 Å². The molecule has 0 fully saturated rings. The molecule has 4 nitrogen and oxygen atoms in total. The molecule has 0 bridgehead atoms. The molecule has 0 heterocycles. The van der Waals surface area contributed by atoms with Crippen LogP contribution in [0.15, 0.2) is 0 Å². The molecule has 0 aliphatic rings. The van der Waals surface area contributed by atoms with Crippen molar-refractivity contribution >= 4 is 21.8 Å². The van der Waals surface area contributed by atoms with Gasteiger partial charge in [-0.25, -0.2) is 13.1 Å². The highest BCUT2D eigenvalue weighted by molar-refractivity contribution is 7.99. The van der Waals surface area contributed by atoms with E-state index in [0.29, 0.717) is 0 Å². The summed E-state index contributed by atoms with van der Waals surface area (Å²) in [7, 11) is -3.47. The van der Waals surface area contributed by atoms with E-state index in [1.165, 1.54) is 6.92 Å². The molecule has 0 aromatic rings. The topological polar surface area (TPSA) is 70.0 Å². The Bertz CT molecular complexity index is 309. The fraction of sp³-hybridized carbons (Fsp3) is 0.889. The summed E-state index contributed by atoms with van der Waals surface area (Å²) in [6.45, 7) is 5.27. The summed E-state index contributed by atoms with van der Waals surface area (Å²) in [6, 6.07) is 1.62. The van der Waals surface area contributed by atoms with E-state index in [4.69, 9.17) is 5.26 Å². The number of hydrogen-bond acceptors (Lipinski definition) is 4. The molecule has 2 unspecified atom stereocenters. The molecule has 0 aromatic carbocycles. The summed E-state index contributed by atoms with van der Waals surface area (Å²) in [5, 5.41) is 7.54. The minimum atomic E-state index is -3.47. The van der Waals surface area contributed by atoms with Crippen molar-refractivity contribution in [2.24, 2.45) is 0 Å². The Hall–Kier alpha value is -0.250. The zero-order chi connectivity index (χ0) is 11.9. The van der Waals surface area contributed by atoms with Crippen LogP contribution in [0, 0.1) is 11.3 Å². The summed E-state index contributed by atoms with van der Waals surface area (Å²) in [5.41, 5.74) is 0. The third-order valence-electron chi connectivity index (χ3n) is 1.91. The minimum absolute atomic E-state index is 0.107. The van der Waals surface area contributed by atoms with Gasteiger partial charge in [0.15, 0.2) is 5.25 Å². The monoisotopic (exact) mass is 250 g/mol. The van der Waals surface area contributed by atoms with E-state index in [-0.39, 0.29) is 6.04 Å². The summed E-state index contributed by atoms with van der Waals surface area (Å²) >= 11 is 1.78. The lowest BCUT2D eigenvalue weighted by Gasteiger charge is -2.14. The highest BCUT2D eigenvalue weighted by Crippen LogP contribution is 2.06. The largest absolute Gasteiger partial charge is 0.227 e. The first-order valence-electron chi connectivity index (χ1n) is 4.92. The zero-order valence-electron chi connectivity index (χ0n) is 9.36. The second-order valence-electron chi connectivity index (χ2n) is 3.32. The summed E-state index contributed by atoms with van der Waals surface area (Å²) in [4.78, 5) is 0. The molecule has 15 heavy (non-hydrogen) atoms. The maximum absolute atomic E-state index is 11.5. The maximum Gasteiger partial charge on any atom is 0.227 e. The van der Waals surface area contributed by atoms with E-state index in [1.54, 1.807) is 17.8 Å². The Labute approximate surface area is 96.5 Å².